The van der Waals surface area contributed by atoms with Crippen molar-refractivity contribution in [3.63, 3.8) is 0 Å². The van der Waals surface area contributed by atoms with Gasteiger partial charge in [-0.05, 0) is 37.1 Å². The molecule has 3 rings (SSSR count). The van der Waals surface area contributed by atoms with Crippen LogP contribution in [0.1, 0.15) is 36.2 Å². The molecule has 1 aromatic heterocycles. The summed E-state index contributed by atoms with van der Waals surface area (Å²) in [6.45, 7) is 1.75. The zero-order valence-electron chi connectivity index (χ0n) is 11.8. The standard InChI is InChI=1S/C16H20N2O2/c1-20-13-6-7-14-12(10-13)11-15(17-14)16(19)18-8-4-2-3-5-9-18/h6-7,10-11,17H,2-5,8-9H2,1H3. The van der Waals surface area contributed by atoms with Crippen molar-refractivity contribution >= 4 is 16.8 Å². The minimum Gasteiger partial charge on any atom is -0.497 e. The number of rotatable bonds is 2. The first-order chi connectivity index (χ1) is 9.78. The first-order valence-electron chi connectivity index (χ1n) is 7.24. The molecule has 0 atom stereocenters. The second-order valence-corrected chi connectivity index (χ2v) is 5.34. The van der Waals surface area contributed by atoms with E-state index < -0.39 is 0 Å². The number of hydrogen-bond acceptors (Lipinski definition) is 2. The minimum absolute atomic E-state index is 0.113. The molecule has 1 aliphatic rings. The Kier molecular flexibility index (Phi) is 3.63. The normalized spacial score (nSPS) is 16.1. The van der Waals surface area contributed by atoms with Gasteiger partial charge >= 0.3 is 0 Å². The van der Waals surface area contributed by atoms with Crippen LogP contribution in [0.5, 0.6) is 5.75 Å². The van der Waals surface area contributed by atoms with Gasteiger partial charge < -0.3 is 14.6 Å². The molecule has 0 radical (unpaired) electrons. The summed E-state index contributed by atoms with van der Waals surface area (Å²) in [5.41, 5.74) is 1.65. The lowest BCUT2D eigenvalue weighted by molar-refractivity contribution is 0.0757. The van der Waals surface area contributed by atoms with Gasteiger partial charge in [0.15, 0.2) is 0 Å². The highest BCUT2D eigenvalue weighted by atomic mass is 16.5. The monoisotopic (exact) mass is 272 g/mol. The van der Waals surface area contributed by atoms with Crippen molar-refractivity contribution in [3.8, 4) is 5.75 Å². The van der Waals surface area contributed by atoms with E-state index in [-0.39, 0.29) is 5.91 Å². The van der Waals surface area contributed by atoms with Crippen LogP contribution in [0.2, 0.25) is 0 Å². The number of carbonyl (C=O) groups is 1. The smallest absolute Gasteiger partial charge is 0.270 e. The minimum atomic E-state index is 0.113. The fourth-order valence-electron chi connectivity index (χ4n) is 2.80. The third-order valence-electron chi connectivity index (χ3n) is 3.95. The summed E-state index contributed by atoms with van der Waals surface area (Å²) in [5.74, 6) is 0.923. The molecule has 0 bridgehead atoms. The number of nitrogens with zero attached hydrogens (tertiary/aromatic N) is 1. The maximum atomic E-state index is 12.5. The van der Waals surface area contributed by atoms with Crippen LogP contribution in [0.4, 0.5) is 0 Å². The number of nitrogens with one attached hydrogen (secondary N) is 1. The van der Waals surface area contributed by atoms with Crippen LogP contribution >= 0.6 is 0 Å². The maximum absolute atomic E-state index is 12.5. The number of H-pyrrole nitrogens is 1. The quantitative estimate of drug-likeness (QED) is 0.912. The van der Waals surface area contributed by atoms with Crippen LogP contribution in [-0.2, 0) is 0 Å². The summed E-state index contributed by atoms with van der Waals surface area (Å²) < 4.78 is 5.22. The van der Waals surface area contributed by atoms with Crippen LogP contribution < -0.4 is 4.74 Å². The highest BCUT2D eigenvalue weighted by molar-refractivity contribution is 5.98. The molecule has 106 valence electrons. The maximum Gasteiger partial charge on any atom is 0.270 e. The Labute approximate surface area is 118 Å². The Morgan fingerprint density at radius 2 is 1.90 bits per heavy atom. The number of carbonyl (C=O) groups excluding carboxylic acids is 1. The third-order valence-corrected chi connectivity index (χ3v) is 3.95. The molecule has 0 aliphatic carbocycles. The van der Waals surface area contributed by atoms with Crippen molar-refractivity contribution in [1.29, 1.82) is 0 Å². The van der Waals surface area contributed by atoms with E-state index >= 15 is 0 Å². The van der Waals surface area contributed by atoms with E-state index in [2.05, 4.69) is 4.98 Å². The second-order valence-electron chi connectivity index (χ2n) is 5.34. The number of amides is 1. The van der Waals surface area contributed by atoms with E-state index in [0.29, 0.717) is 5.69 Å². The molecule has 0 spiro atoms. The summed E-state index contributed by atoms with van der Waals surface area (Å²) in [4.78, 5) is 17.7. The van der Waals surface area contributed by atoms with Gasteiger partial charge in [0.1, 0.15) is 11.4 Å². The number of aromatic amines is 1. The fraction of sp³-hybridized carbons (Fsp3) is 0.438. The number of fused-ring (bicyclic) bond motifs is 1. The van der Waals surface area contributed by atoms with Gasteiger partial charge in [-0.1, -0.05) is 12.8 Å². The molecule has 1 saturated heterocycles. The van der Waals surface area contributed by atoms with Gasteiger partial charge in [-0.2, -0.15) is 0 Å². The Hall–Kier alpha value is -1.97. The Bertz CT molecular complexity index is 610. The van der Waals surface area contributed by atoms with Gasteiger partial charge in [0.25, 0.3) is 5.91 Å². The van der Waals surface area contributed by atoms with Gasteiger partial charge in [0.05, 0.1) is 7.11 Å². The molecule has 1 aromatic carbocycles. The SMILES string of the molecule is COc1ccc2[nH]c(C(=O)N3CCCCCC3)cc2c1. The largest absolute Gasteiger partial charge is 0.497 e. The lowest BCUT2D eigenvalue weighted by atomic mass is 10.2. The molecular weight excluding hydrogens is 252 g/mol. The van der Waals surface area contributed by atoms with Crippen LogP contribution in [0.3, 0.4) is 0 Å². The summed E-state index contributed by atoms with van der Waals surface area (Å²) >= 11 is 0. The van der Waals surface area contributed by atoms with Crippen LogP contribution in [0, 0.1) is 0 Å². The average Bonchev–Trinajstić information content (AvgIpc) is 2.71. The zero-order valence-corrected chi connectivity index (χ0v) is 11.8. The summed E-state index contributed by atoms with van der Waals surface area (Å²) in [5, 5.41) is 1.02. The van der Waals surface area contributed by atoms with E-state index in [9.17, 15) is 4.79 Å². The van der Waals surface area contributed by atoms with Crippen molar-refractivity contribution in [2.24, 2.45) is 0 Å². The molecule has 2 aromatic rings. The molecule has 1 fully saturated rings. The molecule has 1 N–H and O–H groups in total. The predicted octanol–water partition coefficient (Wildman–Crippen LogP) is 3.19. The lowest BCUT2D eigenvalue weighted by Crippen LogP contribution is -2.32. The number of aromatic nitrogens is 1. The molecule has 4 nitrogen and oxygen atoms in total. The first-order valence-corrected chi connectivity index (χ1v) is 7.24. The molecule has 0 unspecified atom stereocenters. The molecule has 1 amide bonds. The molecule has 0 saturated carbocycles. The van der Waals surface area contributed by atoms with Crippen LogP contribution in [-0.4, -0.2) is 36.0 Å². The van der Waals surface area contributed by atoms with Crippen molar-refractivity contribution in [3.05, 3.63) is 30.0 Å². The van der Waals surface area contributed by atoms with Gasteiger partial charge in [-0.3, -0.25) is 4.79 Å². The van der Waals surface area contributed by atoms with E-state index in [4.69, 9.17) is 4.74 Å². The molecular formula is C16H20N2O2. The molecule has 2 heterocycles. The molecule has 20 heavy (non-hydrogen) atoms. The Morgan fingerprint density at radius 1 is 1.15 bits per heavy atom. The topological polar surface area (TPSA) is 45.3 Å². The van der Waals surface area contributed by atoms with E-state index in [1.165, 1.54) is 12.8 Å². The summed E-state index contributed by atoms with van der Waals surface area (Å²) in [7, 11) is 1.65. The number of likely N-dealkylation sites (tertiary alicyclic amines) is 1. The van der Waals surface area contributed by atoms with Gasteiger partial charge in [0, 0.05) is 24.0 Å². The van der Waals surface area contributed by atoms with Crippen LogP contribution in [0.15, 0.2) is 24.3 Å². The van der Waals surface area contributed by atoms with Crippen molar-refractivity contribution in [1.82, 2.24) is 9.88 Å². The zero-order chi connectivity index (χ0) is 13.9. The molecule has 4 heteroatoms. The van der Waals surface area contributed by atoms with Crippen LogP contribution in [0.25, 0.3) is 10.9 Å². The second kappa shape index (κ2) is 5.57. The van der Waals surface area contributed by atoms with E-state index in [1.54, 1.807) is 7.11 Å². The average molecular weight is 272 g/mol. The van der Waals surface area contributed by atoms with E-state index in [0.717, 1.165) is 42.6 Å². The number of methoxy groups -OCH3 is 1. The fourth-order valence-corrected chi connectivity index (χ4v) is 2.80. The number of ether oxygens (including phenoxy) is 1. The Morgan fingerprint density at radius 3 is 2.60 bits per heavy atom. The molecule has 1 aliphatic heterocycles. The number of benzene rings is 1. The van der Waals surface area contributed by atoms with E-state index in [1.807, 2.05) is 29.2 Å². The summed E-state index contributed by atoms with van der Waals surface area (Å²) in [6, 6.07) is 7.72. The van der Waals surface area contributed by atoms with Crippen molar-refractivity contribution in [2.75, 3.05) is 20.2 Å². The number of hydrogen-bond donors (Lipinski definition) is 1. The third kappa shape index (κ3) is 2.50. The highest BCUT2D eigenvalue weighted by Gasteiger charge is 2.19. The van der Waals surface area contributed by atoms with Crippen molar-refractivity contribution in [2.45, 2.75) is 25.7 Å². The van der Waals surface area contributed by atoms with Crippen molar-refractivity contribution < 1.29 is 9.53 Å². The van der Waals surface area contributed by atoms with Gasteiger partial charge in [-0.25, -0.2) is 0 Å². The van der Waals surface area contributed by atoms with Gasteiger partial charge in [0.2, 0.25) is 0 Å². The predicted molar refractivity (Wildman–Crippen MR) is 79.2 cm³/mol. The summed E-state index contributed by atoms with van der Waals surface area (Å²) in [6.07, 6.45) is 4.68. The lowest BCUT2D eigenvalue weighted by Gasteiger charge is -2.19. The Balaban J connectivity index is 1.87. The van der Waals surface area contributed by atoms with Gasteiger partial charge in [-0.15, -0.1) is 0 Å². The first kappa shape index (κ1) is 13.0. The highest BCUT2D eigenvalue weighted by Crippen LogP contribution is 2.22.